The maximum Gasteiger partial charge on any atom is 0.254 e. The lowest BCUT2D eigenvalue weighted by Gasteiger charge is -2.22. The van der Waals surface area contributed by atoms with Crippen LogP contribution in [0.5, 0.6) is 0 Å². The van der Waals surface area contributed by atoms with Crippen molar-refractivity contribution < 1.29 is 9.59 Å². The normalized spacial score (nSPS) is 10.8. The first-order chi connectivity index (χ1) is 15.6. The summed E-state index contributed by atoms with van der Waals surface area (Å²) in [6, 6.07) is 15.1. The zero-order chi connectivity index (χ0) is 22.3. The van der Waals surface area contributed by atoms with Crippen molar-refractivity contribution in [2.75, 3.05) is 11.1 Å². The van der Waals surface area contributed by atoms with Crippen molar-refractivity contribution in [3.8, 4) is 0 Å². The Balaban J connectivity index is 1.44. The van der Waals surface area contributed by atoms with Gasteiger partial charge in [-0.2, -0.15) is 0 Å². The zero-order valence-electron chi connectivity index (χ0n) is 17.3. The molecule has 0 aliphatic rings. The highest BCUT2D eigenvalue weighted by Gasteiger charge is 2.18. The number of carbonyl (C=O) groups excluding carboxylic acids is 2. The number of hydrogen-bond acceptors (Lipinski definition) is 7. The van der Waals surface area contributed by atoms with Crippen LogP contribution in [0.25, 0.3) is 0 Å². The standard InChI is InChI=1S/C22H21N5O2S3/c1-26-15-23-25-22(26)32-14-20(28)24-17-6-2-5-16(11-17)21(29)27(12-18-7-3-9-30-18)13-19-8-4-10-31-19/h2-11,15H,12-14H2,1H3,(H,24,28). The van der Waals surface area contributed by atoms with E-state index in [-0.39, 0.29) is 17.6 Å². The largest absolute Gasteiger partial charge is 0.328 e. The van der Waals surface area contributed by atoms with Crippen molar-refractivity contribution in [3.05, 3.63) is 80.9 Å². The van der Waals surface area contributed by atoms with Crippen LogP contribution in [0.2, 0.25) is 0 Å². The Kier molecular flexibility index (Phi) is 7.35. The number of carbonyl (C=O) groups is 2. The number of thiophene rings is 2. The monoisotopic (exact) mass is 483 g/mol. The van der Waals surface area contributed by atoms with E-state index >= 15 is 0 Å². The quantitative estimate of drug-likeness (QED) is 0.354. The van der Waals surface area contributed by atoms with Crippen LogP contribution in [0.15, 0.2) is 70.8 Å². The van der Waals surface area contributed by atoms with Gasteiger partial charge in [-0.1, -0.05) is 30.0 Å². The number of aryl methyl sites for hydroxylation is 1. The van der Waals surface area contributed by atoms with Crippen LogP contribution in [0.1, 0.15) is 20.1 Å². The molecule has 3 heterocycles. The predicted molar refractivity (Wildman–Crippen MR) is 129 cm³/mol. The molecule has 10 heteroatoms. The van der Waals surface area contributed by atoms with E-state index in [4.69, 9.17) is 0 Å². The molecule has 0 bridgehead atoms. The van der Waals surface area contributed by atoms with E-state index < -0.39 is 0 Å². The summed E-state index contributed by atoms with van der Waals surface area (Å²) < 4.78 is 1.76. The fourth-order valence-electron chi connectivity index (χ4n) is 3.02. The molecule has 7 nitrogen and oxygen atoms in total. The van der Waals surface area contributed by atoms with Gasteiger partial charge in [0.25, 0.3) is 5.91 Å². The van der Waals surface area contributed by atoms with Gasteiger partial charge in [0.2, 0.25) is 5.91 Å². The molecule has 164 valence electrons. The first kappa shape index (κ1) is 22.3. The van der Waals surface area contributed by atoms with Crippen LogP contribution in [-0.2, 0) is 24.9 Å². The first-order valence-corrected chi connectivity index (χ1v) is 12.5. The second-order valence-electron chi connectivity index (χ2n) is 6.96. The van der Waals surface area contributed by atoms with Gasteiger partial charge < -0.3 is 14.8 Å². The number of amides is 2. The summed E-state index contributed by atoms with van der Waals surface area (Å²) in [5, 5.41) is 15.3. The van der Waals surface area contributed by atoms with E-state index in [2.05, 4.69) is 15.5 Å². The van der Waals surface area contributed by atoms with Crippen molar-refractivity contribution in [2.24, 2.45) is 7.05 Å². The number of hydrogen-bond donors (Lipinski definition) is 1. The van der Waals surface area contributed by atoms with Crippen molar-refractivity contribution in [2.45, 2.75) is 18.2 Å². The maximum absolute atomic E-state index is 13.4. The SMILES string of the molecule is Cn1cnnc1SCC(=O)Nc1cccc(C(=O)N(Cc2cccs2)Cc2cccs2)c1. The molecule has 0 aliphatic carbocycles. The molecule has 0 saturated carbocycles. The second-order valence-corrected chi connectivity index (χ2v) is 9.97. The van der Waals surface area contributed by atoms with Crippen molar-refractivity contribution in [3.63, 3.8) is 0 Å². The molecule has 0 fully saturated rings. The van der Waals surface area contributed by atoms with Crippen molar-refractivity contribution in [1.29, 1.82) is 0 Å². The molecule has 0 aliphatic heterocycles. The average molecular weight is 484 g/mol. The fraction of sp³-hybridized carbons (Fsp3) is 0.182. The summed E-state index contributed by atoms with van der Waals surface area (Å²) in [5.74, 6) is -0.0406. The molecule has 0 spiro atoms. The van der Waals surface area contributed by atoms with Crippen LogP contribution in [0.3, 0.4) is 0 Å². The summed E-state index contributed by atoms with van der Waals surface area (Å²) in [7, 11) is 1.83. The molecule has 3 aromatic heterocycles. The van der Waals surface area contributed by atoms with Crippen LogP contribution in [0.4, 0.5) is 5.69 Å². The highest BCUT2D eigenvalue weighted by molar-refractivity contribution is 7.99. The molecule has 0 radical (unpaired) electrons. The molecule has 4 rings (SSSR count). The van der Waals surface area contributed by atoms with E-state index in [1.807, 2.05) is 47.0 Å². The topological polar surface area (TPSA) is 80.1 Å². The molecular formula is C22H21N5O2S3. The smallest absolute Gasteiger partial charge is 0.254 e. The van der Waals surface area contributed by atoms with Crippen LogP contribution in [0, 0.1) is 0 Å². The third-order valence-corrected chi connectivity index (χ3v) is 7.29. The number of thioether (sulfide) groups is 1. The fourth-order valence-corrected chi connectivity index (χ4v) is 5.15. The summed E-state index contributed by atoms with van der Waals surface area (Å²) in [6.07, 6.45) is 1.59. The molecule has 1 aromatic carbocycles. The number of anilines is 1. The molecule has 0 saturated heterocycles. The van der Waals surface area contributed by atoms with Crippen LogP contribution < -0.4 is 5.32 Å². The molecule has 0 atom stereocenters. The van der Waals surface area contributed by atoms with E-state index in [0.717, 1.165) is 9.75 Å². The second kappa shape index (κ2) is 10.6. The van der Waals surface area contributed by atoms with E-state index in [1.54, 1.807) is 57.8 Å². The minimum Gasteiger partial charge on any atom is -0.328 e. The van der Waals surface area contributed by atoms with Gasteiger partial charge in [0.05, 0.1) is 18.8 Å². The minimum atomic E-state index is -0.170. The molecular weight excluding hydrogens is 462 g/mol. The van der Waals surface area contributed by atoms with Gasteiger partial charge in [-0.25, -0.2) is 0 Å². The summed E-state index contributed by atoms with van der Waals surface area (Å²) in [5.41, 5.74) is 1.13. The Hall–Kier alpha value is -2.95. The Morgan fingerprint density at radius 3 is 2.38 bits per heavy atom. The molecule has 0 unspecified atom stereocenters. The van der Waals surface area contributed by atoms with E-state index in [0.29, 0.717) is 29.5 Å². The Morgan fingerprint density at radius 1 is 1.06 bits per heavy atom. The van der Waals surface area contributed by atoms with Gasteiger partial charge in [-0.3, -0.25) is 9.59 Å². The van der Waals surface area contributed by atoms with Crippen molar-refractivity contribution in [1.82, 2.24) is 19.7 Å². The Bertz CT molecular complexity index is 1140. The molecule has 32 heavy (non-hydrogen) atoms. The van der Waals surface area contributed by atoms with Crippen LogP contribution >= 0.6 is 34.4 Å². The van der Waals surface area contributed by atoms with Gasteiger partial charge in [-0.05, 0) is 41.1 Å². The minimum absolute atomic E-state index is 0.0728. The maximum atomic E-state index is 13.4. The lowest BCUT2D eigenvalue weighted by Crippen LogP contribution is -2.29. The lowest BCUT2D eigenvalue weighted by molar-refractivity contribution is -0.113. The lowest BCUT2D eigenvalue weighted by atomic mass is 10.1. The Labute approximate surface area is 198 Å². The Morgan fingerprint density at radius 2 is 1.78 bits per heavy atom. The number of aromatic nitrogens is 3. The van der Waals surface area contributed by atoms with Gasteiger partial charge in [0.15, 0.2) is 5.16 Å². The summed E-state index contributed by atoms with van der Waals surface area (Å²) in [4.78, 5) is 29.8. The van der Waals surface area contributed by atoms with E-state index in [9.17, 15) is 9.59 Å². The van der Waals surface area contributed by atoms with Crippen LogP contribution in [-0.4, -0.2) is 37.2 Å². The summed E-state index contributed by atoms with van der Waals surface area (Å²) in [6.45, 7) is 1.08. The van der Waals surface area contributed by atoms with Gasteiger partial charge >= 0.3 is 0 Å². The number of nitrogens with one attached hydrogen (secondary N) is 1. The third-order valence-electron chi connectivity index (χ3n) is 4.54. The number of benzene rings is 1. The zero-order valence-corrected chi connectivity index (χ0v) is 19.8. The molecule has 4 aromatic rings. The van der Waals surface area contributed by atoms with Crippen molar-refractivity contribution >= 4 is 51.9 Å². The summed E-state index contributed by atoms with van der Waals surface area (Å²) >= 11 is 4.57. The van der Waals surface area contributed by atoms with Gasteiger partial charge in [0.1, 0.15) is 6.33 Å². The number of nitrogens with zero attached hydrogens (tertiary/aromatic N) is 4. The predicted octanol–water partition coefficient (Wildman–Crippen LogP) is 4.51. The number of rotatable bonds is 9. The average Bonchev–Trinajstić information content (AvgIpc) is 3.56. The third kappa shape index (κ3) is 5.84. The van der Waals surface area contributed by atoms with Gasteiger partial charge in [-0.15, -0.1) is 32.9 Å². The van der Waals surface area contributed by atoms with Gasteiger partial charge in [0, 0.05) is 28.1 Å². The van der Waals surface area contributed by atoms with E-state index in [1.165, 1.54) is 11.8 Å². The highest BCUT2D eigenvalue weighted by Crippen LogP contribution is 2.21. The first-order valence-electron chi connectivity index (χ1n) is 9.79. The molecule has 2 amide bonds. The molecule has 1 N–H and O–H groups in total. The highest BCUT2D eigenvalue weighted by atomic mass is 32.2.